The first kappa shape index (κ1) is 12.4. The molecule has 0 N–H and O–H groups in total. The third-order valence-corrected chi connectivity index (χ3v) is 5.68. The molecule has 0 bridgehead atoms. The summed E-state index contributed by atoms with van der Waals surface area (Å²) in [4.78, 5) is 0. The molecule has 0 atom stereocenters. The van der Waals surface area contributed by atoms with Crippen molar-refractivity contribution < 1.29 is 13.3 Å². The second kappa shape index (κ2) is 6.91. The summed E-state index contributed by atoms with van der Waals surface area (Å²) in [6.45, 7) is 2.14. The maximum atomic E-state index is 5.26. The molecule has 0 unspecified atom stereocenters. The first-order valence-corrected chi connectivity index (χ1v) is 7.06. The molecule has 0 radical (unpaired) electrons. The topological polar surface area (TPSA) is 27.7 Å². The number of rotatable bonds is 7. The van der Waals surface area contributed by atoms with Crippen LogP contribution in [-0.4, -0.2) is 41.6 Å². The highest BCUT2D eigenvalue weighted by atomic mass is 32.2. The molecule has 0 aromatic carbocycles. The Hall–Kier alpha value is 0.447. The Labute approximate surface area is 80.1 Å². The zero-order valence-corrected chi connectivity index (χ0v) is 10.1. The first-order chi connectivity index (χ1) is 5.74. The molecule has 0 heterocycles. The molecule has 0 rings (SSSR count). The molecule has 0 aliphatic rings. The summed E-state index contributed by atoms with van der Waals surface area (Å²) in [7, 11) is 2.67. The molecule has 74 valence electrons. The van der Waals surface area contributed by atoms with Gasteiger partial charge in [-0.1, -0.05) is 6.92 Å². The lowest BCUT2D eigenvalue weighted by Gasteiger charge is -2.23. The normalized spacial score (nSPS) is 12.0. The van der Waals surface area contributed by atoms with Gasteiger partial charge in [-0.25, -0.2) is 0 Å². The van der Waals surface area contributed by atoms with E-state index in [2.05, 4.69) is 6.92 Å². The number of hydrogen-bond acceptors (Lipinski definition) is 4. The molecule has 5 heteroatoms. The van der Waals surface area contributed by atoms with Crippen molar-refractivity contribution in [3.63, 3.8) is 0 Å². The van der Waals surface area contributed by atoms with Crippen LogP contribution in [0.15, 0.2) is 0 Å². The molecular formula is C7H18O3SSi. The Morgan fingerprint density at radius 2 is 1.58 bits per heavy atom. The maximum absolute atomic E-state index is 5.26. The van der Waals surface area contributed by atoms with Crippen molar-refractivity contribution >= 4 is 20.6 Å². The highest BCUT2D eigenvalue weighted by Gasteiger charge is 2.36. The minimum atomic E-state index is -2.28. The van der Waals surface area contributed by atoms with Crippen molar-refractivity contribution in [2.75, 3.05) is 32.8 Å². The average Bonchev–Trinajstić information content (AvgIpc) is 2.14. The molecule has 0 saturated heterocycles. The van der Waals surface area contributed by atoms with Gasteiger partial charge in [0.05, 0.1) is 0 Å². The van der Waals surface area contributed by atoms with E-state index in [1.54, 1.807) is 21.3 Å². The molecule has 0 amide bonds. The smallest absolute Gasteiger partial charge is 0.377 e. The van der Waals surface area contributed by atoms with E-state index in [0.717, 1.165) is 17.5 Å². The van der Waals surface area contributed by atoms with Crippen LogP contribution in [0.4, 0.5) is 0 Å². The first-order valence-electron chi connectivity index (χ1n) is 3.98. The molecule has 3 nitrogen and oxygen atoms in total. The third kappa shape index (κ3) is 3.91. The minimum Gasteiger partial charge on any atom is -0.377 e. The van der Waals surface area contributed by atoms with Crippen LogP contribution < -0.4 is 0 Å². The van der Waals surface area contributed by atoms with Crippen LogP contribution in [0.2, 0.25) is 6.04 Å². The summed E-state index contributed by atoms with van der Waals surface area (Å²) in [6, 6.07) is 0.884. The van der Waals surface area contributed by atoms with Crippen LogP contribution in [0.3, 0.4) is 0 Å². The van der Waals surface area contributed by atoms with Gasteiger partial charge in [0, 0.05) is 27.4 Å². The second-order valence-corrected chi connectivity index (χ2v) is 6.73. The fourth-order valence-electron chi connectivity index (χ4n) is 0.898. The van der Waals surface area contributed by atoms with Gasteiger partial charge in [0.2, 0.25) is 0 Å². The summed E-state index contributed by atoms with van der Waals surface area (Å²) in [5.41, 5.74) is 0. The molecule has 0 fully saturated rings. The molecular weight excluding hydrogens is 192 g/mol. The molecule has 0 aromatic rings. The predicted octanol–water partition coefficient (Wildman–Crippen LogP) is 1.62. The Kier molecular flexibility index (Phi) is 7.17. The Morgan fingerprint density at radius 1 is 1.08 bits per heavy atom. The quantitative estimate of drug-likeness (QED) is 0.471. The highest BCUT2D eigenvalue weighted by molar-refractivity contribution is 7.99. The summed E-state index contributed by atoms with van der Waals surface area (Å²) in [5, 5.41) is 0. The molecule has 0 spiro atoms. The van der Waals surface area contributed by atoms with Crippen LogP contribution in [0.1, 0.15) is 6.92 Å². The number of thioether (sulfide) groups is 1. The van der Waals surface area contributed by atoms with Crippen molar-refractivity contribution in [3.05, 3.63) is 0 Å². The summed E-state index contributed by atoms with van der Waals surface area (Å²) < 4.78 is 15.8. The summed E-state index contributed by atoms with van der Waals surface area (Å²) in [5.74, 6) is 2.17. The van der Waals surface area contributed by atoms with Gasteiger partial charge in [0.1, 0.15) is 0 Å². The van der Waals surface area contributed by atoms with Crippen LogP contribution in [0.5, 0.6) is 0 Å². The van der Waals surface area contributed by atoms with Crippen LogP contribution in [0.25, 0.3) is 0 Å². The van der Waals surface area contributed by atoms with Gasteiger partial charge in [-0.15, -0.1) is 0 Å². The van der Waals surface area contributed by atoms with Crippen molar-refractivity contribution in [3.8, 4) is 0 Å². The minimum absolute atomic E-state index is 0.884. The summed E-state index contributed by atoms with van der Waals surface area (Å²) in [6.07, 6.45) is 0. The third-order valence-electron chi connectivity index (χ3n) is 1.69. The lowest BCUT2D eigenvalue weighted by Crippen LogP contribution is -2.43. The van der Waals surface area contributed by atoms with Gasteiger partial charge in [-0.05, 0) is 11.5 Å². The lowest BCUT2D eigenvalue weighted by atomic mass is 10.9. The van der Waals surface area contributed by atoms with Gasteiger partial charge < -0.3 is 13.3 Å². The van der Waals surface area contributed by atoms with Crippen LogP contribution in [0, 0.1) is 0 Å². The number of hydrogen-bond donors (Lipinski definition) is 0. The zero-order chi connectivity index (χ0) is 9.45. The Morgan fingerprint density at radius 3 is 1.92 bits per heavy atom. The average molecular weight is 210 g/mol. The largest absolute Gasteiger partial charge is 0.500 e. The van der Waals surface area contributed by atoms with E-state index in [0.29, 0.717) is 0 Å². The maximum Gasteiger partial charge on any atom is 0.500 e. The highest BCUT2D eigenvalue weighted by Crippen LogP contribution is 2.15. The fourth-order valence-corrected chi connectivity index (χ4v) is 3.88. The Bertz CT molecular complexity index is 101. The standard InChI is InChI=1S/C7H18O3SSi/c1-5-11-6-7-12(8-2,9-3)10-4/h5-7H2,1-4H3. The molecule has 0 aliphatic heterocycles. The molecule has 0 aliphatic carbocycles. The van der Waals surface area contributed by atoms with E-state index < -0.39 is 8.80 Å². The van der Waals surface area contributed by atoms with E-state index >= 15 is 0 Å². The Balaban J connectivity index is 3.76. The van der Waals surface area contributed by atoms with Crippen LogP contribution in [-0.2, 0) is 13.3 Å². The van der Waals surface area contributed by atoms with Crippen molar-refractivity contribution in [1.82, 2.24) is 0 Å². The van der Waals surface area contributed by atoms with Gasteiger partial charge in [0.25, 0.3) is 0 Å². The van der Waals surface area contributed by atoms with E-state index in [9.17, 15) is 0 Å². The van der Waals surface area contributed by atoms with Gasteiger partial charge >= 0.3 is 8.80 Å². The van der Waals surface area contributed by atoms with E-state index in [1.807, 2.05) is 11.8 Å². The van der Waals surface area contributed by atoms with Gasteiger partial charge in [-0.3, -0.25) is 0 Å². The van der Waals surface area contributed by atoms with Gasteiger partial charge in [0.15, 0.2) is 0 Å². The predicted molar refractivity (Wildman–Crippen MR) is 54.6 cm³/mol. The monoisotopic (exact) mass is 210 g/mol. The lowest BCUT2D eigenvalue weighted by molar-refractivity contribution is 0.125. The van der Waals surface area contributed by atoms with E-state index in [-0.39, 0.29) is 0 Å². The fraction of sp³-hybridized carbons (Fsp3) is 1.00. The van der Waals surface area contributed by atoms with Crippen LogP contribution >= 0.6 is 11.8 Å². The molecule has 12 heavy (non-hydrogen) atoms. The second-order valence-electron chi connectivity index (χ2n) is 2.24. The van der Waals surface area contributed by atoms with E-state index in [1.165, 1.54) is 0 Å². The molecule has 0 saturated carbocycles. The van der Waals surface area contributed by atoms with Gasteiger partial charge in [-0.2, -0.15) is 11.8 Å². The van der Waals surface area contributed by atoms with Crippen molar-refractivity contribution in [1.29, 1.82) is 0 Å². The van der Waals surface area contributed by atoms with Crippen molar-refractivity contribution in [2.45, 2.75) is 13.0 Å². The van der Waals surface area contributed by atoms with Crippen molar-refractivity contribution in [2.24, 2.45) is 0 Å². The zero-order valence-electron chi connectivity index (χ0n) is 8.25. The SMILES string of the molecule is CCSCC[Si](OC)(OC)OC. The summed E-state index contributed by atoms with van der Waals surface area (Å²) >= 11 is 1.88. The van der Waals surface area contributed by atoms with E-state index in [4.69, 9.17) is 13.3 Å². The molecule has 0 aromatic heterocycles.